The van der Waals surface area contributed by atoms with Crippen molar-refractivity contribution >= 4 is 92.6 Å². The second kappa shape index (κ2) is 37.2. The van der Waals surface area contributed by atoms with Gasteiger partial charge in [0.2, 0.25) is 53.2 Å². The Morgan fingerprint density at radius 1 is 0.690 bits per heavy atom. The number of phenols is 1. The van der Waals surface area contributed by atoms with Gasteiger partial charge in [-0.15, -0.1) is 0 Å². The summed E-state index contributed by atoms with van der Waals surface area (Å²) in [5.74, 6) is -7.49. The molecule has 84 heavy (non-hydrogen) atoms. The van der Waals surface area contributed by atoms with Crippen LogP contribution in [-0.4, -0.2) is 181 Å². The number of carbonyl (C=O) groups excluding carboxylic acids is 9. The Kier molecular flexibility index (Phi) is 31.1. The van der Waals surface area contributed by atoms with E-state index in [0.717, 1.165) is 26.5 Å². The molecule has 8 atom stereocenters. The fourth-order valence-electron chi connectivity index (χ4n) is 8.46. The van der Waals surface area contributed by atoms with Gasteiger partial charge in [0.25, 0.3) is 0 Å². The first kappa shape index (κ1) is 70.2. The van der Waals surface area contributed by atoms with Crippen molar-refractivity contribution in [2.45, 2.75) is 127 Å². The molecule has 0 aromatic heterocycles. The van der Waals surface area contributed by atoms with E-state index in [2.05, 4.69) is 57.5 Å². The molecule has 31 heteroatoms. The largest absolute Gasteiger partial charge is 0.508 e. The van der Waals surface area contributed by atoms with Crippen molar-refractivity contribution in [3.63, 3.8) is 0 Å². The number of benzene rings is 2. The lowest BCUT2D eigenvalue weighted by molar-refractivity contribution is -0.143. The van der Waals surface area contributed by atoms with E-state index >= 15 is 0 Å². The number of nitrogens with two attached hydrogens (primary N) is 7. The average molecular weight is 1210 g/mol. The fourth-order valence-corrected chi connectivity index (χ4v) is 10.8. The molecule has 1 aliphatic heterocycles. The van der Waals surface area contributed by atoms with Gasteiger partial charge in [0, 0.05) is 51.2 Å². The first-order valence-electron chi connectivity index (χ1n) is 27.5. The van der Waals surface area contributed by atoms with E-state index in [9.17, 15) is 48.3 Å². The van der Waals surface area contributed by atoms with E-state index in [4.69, 9.17) is 40.1 Å². The van der Waals surface area contributed by atoms with E-state index in [1.165, 1.54) is 19.2 Å². The number of hydrogen-bond donors (Lipinski definition) is 16. The lowest BCUT2D eigenvalue weighted by atomic mass is 10.0. The minimum atomic E-state index is -1.42. The third-order valence-corrected chi connectivity index (χ3v) is 15.2. The zero-order valence-electron chi connectivity index (χ0n) is 48.0. The molecule has 2 aromatic rings. The number of carbonyl (C=O) groups is 9. The van der Waals surface area contributed by atoms with Crippen molar-refractivity contribution in [1.82, 2.24) is 47.4 Å². The normalized spacial score (nSPS) is 17.5. The summed E-state index contributed by atoms with van der Waals surface area (Å²) in [7, 11) is 3.47. The van der Waals surface area contributed by atoms with Crippen LogP contribution >= 0.6 is 21.6 Å². The molecular formula is C53H85N19O10S2. The molecule has 9 amide bonds. The highest BCUT2D eigenvalue weighted by molar-refractivity contribution is 8.76. The summed E-state index contributed by atoms with van der Waals surface area (Å²) < 4.78 is 0. The number of nitrogens with zero attached hydrogens (tertiary/aromatic N) is 4. The van der Waals surface area contributed by atoms with Crippen LogP contribution in [0, 0.1) is 5.92 Å². The molecule has 2 unspecified atom stereocenters. The van der Waals surface area contributed by atoms with Crippen LogP contribution in [0.25, 0.3) is 0 Å². The third kappa shape index (κ3) is 26.5. The molecule has 0 radical (unpaired) electrons. The van der Waals surface area contributed by atoms with Gasteiger partial charge >= 0.3 is 0 Å². The standard InChI is InChI=1S/C53H85N19O10S2/c1-5-61-44(76)35(14-9-21-62-51(55)56)67-46(78)37(24-30(2)3)69-49(81)41(16-11-23-64-53(59)60)72(4)50(82)36(15-10-22-63-52(57)58)68-48(80)40-29-84-83-28-39(70-43(75)34(54)25-32-17-19-33(73)20-18-32)45(77)65-27-42(74)66-38(47(79)71-40)26-31-12-7-6-8-13-31/h6-8,12-13,17-20,30,34-41,73H,5,9-11,14-16,21-29,54H2,1-4H3,(H,61,76)(H,65,77)(H,66,74)(H,67,78)(H,68,80)(H,69,81)(H,70,75)(H,71,79)(H4,55,56,62)(H4,57,58,63)(H4,59,60,64)/t34-,35-,36-,37+,38?,39+,40?,41-/m0/s1. The second-order valence-electron chi connectivity index (χ2n) is 20.2. The van der Waals surface area contributed by atoms with Gasteiger partial charge < -0.3 is 92.7 Å². The quantitative estimate of drug-likeness (QED) is 0.0154. The Balaban J connectivity index is 2.02. The second-order valence-corrected chi connectivity index (χ2v) is 22.8. The number of phenolic OH excluding ortho intramolecular Hbond substituents is 1. The van der Waals surface area contributed by atoms with Gasteiger partial charge in [0.15, 0.2) is 17.9 Å². The number of guanidine groups is 3. The van der Waals surface area contributed by atoms with E-state index in [1.807, 2.05) is 13.8 Å². The Hall–Kier alpha value is -8.06. The van der Waals surface area contributed by atoms with Gasteiger partial charge in [-0.3, -0.25) is 58.1 Å². The monoisotopic (exact) mass is 1210 g/mol. The summed E-state index contributed by atoms with van der Waals surface area (Å²) in [6.07, 6.45) is 0.763. The molecule has 3 rings (SSSR count). The van der Waals surface area contributed by atoms with E-state index in [-0.39, 0.29) is 119 Å². The minimum Gasteiger partial charge on any atom is -0.508 e. The van der Waals surface area contributed by atoms with Gasteiger partial charge in [-0.25, -0.2) is 0 Å². The number of nitrogens with one attached hydrogen (secondary N) is 8. The van der Waals surface area contributed by atoms with Gasteiger partial charge in [0.1, 0.15) is 48.0 Å². The fraction of sp³-hybridized carbons (Fsp3) is 0.547. The predicted octanol–water partition coefficient (Wildman–Crippen LogP) is -3.91. The number of likely N-dealkylation sites (N-methyl/N-ethyl adjacent to an activating group) is 2. The van der Waals surface area contributed by atoms with Gasteiger partial charge in [-0.2, -0.15) is 0 Å². The van der Waals surface area contributed by atoms with E-state index in [0.29, 0.717) is 17.5 Å². The van der Waals surface area contributed by atoms with Crippen molar-refractivity contribution in [3.8, 4) is 5.75 Å². The Morgan fingerprint density at radius 2 is 1.26 bits per heavy atom. The van der Waals surface area contributed by atoms with E-state index < -0.39 is 108 Å². The highest BCUT2D eigenvalue weighted by Gasteiger charge is 2.37. The molecule has 1 aliphatic rings. The van der Waals surface area contributed by atoms with Crippen molar-refractivity contribution in [2.75, 3.05) is 51.3 Å². The molecule has 0 spiro atoms. The van der Waals surface area contributed by atoms with Crippen molar-refractivity contribution in [1.29, 1.82) is 0 Å². The number of rotatable bonds is 30. The summed E-state index contributed by atoms with van der Waals surface area (Å²) >= 11 is 0. The summed E-state index contributed by atoms with van der Waals surface area (Å²) in [6.45, 7) is 5.32. The van der Waals surface area contributed by atoms with Gasteiger partial charge in [-0.1, -0.05) is 77.9 Å². The summed E-state index contributed by atoms with van der Waals surface area (Å²) in [6, 6.07) is 4.77. The Morgan fingerprint density at radius 3 is 1.85 bits per heavy atom. The first-order valence-corrected chi connectivity index (χ1v) is 30.0. The molecule has 1 saturated heterocycles. The molecule has 23 N–H and O–H groups in total. The van der Waals surface area contributed by atoms with Crippen LogP contribution in [0.15, 0.2) is 69.6 Å². The van der Waals surface area contributed by atoms with Crippen molar-refractivity contribution in [2.24, 2.45) is 61.0 Å². The lowest BCUT2D eigenvalue weighted by Gasteiger charge is -2.33. The molecule has 0 saturated carbocycles. The van der Waals surface area contributed by atoms with Crippen molar-refractivity contribution < 1.29 is 48.3 Å². The van der Waals surface area contributed by atoms with Crippen molar-refractivity contribution in [3.05, 3.63) is 65.7 Å². The van der Waals surface area contributed by atoms with E-state index in [1.54, 1.807) is 49.4 Å². The highest BCUT2D eigenvalue weighted by atomic mass is 33.1. The predicted molar refractivity (Wildman–Crippen MR) is 324 cm³/mol. The molecule has 464 valence electrons. The Labute approximate surface area is 497 Å². The molecule has 0 bridgehead atoms. The molecule has 1 heterocycles. The smallest absolute Gasteiger partial charge is 0.245 e. The van der Waals surface area contributed by atoms with Crippen LogP contribution in [0.5, 0.6) is 5.75 Å². The summed E-state index contributed by atoms with van der Waals surface area (Å²) in [4.78, 5) is 140. The van der Waals surface area contributed by atoms with Crippen LogP contribution in [-0.2, 0) is 56.0 Å². The first-order chi connectivity index (χ1) is 39.9. The minimum absolute atomic E-state index is 0.0200. The van der Waals surface area contributed by atoms with Crippen LogP contribution in [0.4, 0.5) is 0 Å². The maximum Gasteiger partial charge on any atom is 0.245 e. The van der Waals surface area contributed by atoms with Gasteiger partial charge in [0.05, 0.1) is 12.6 Å². The zero-order valence-corrected chi connectivity index (χ0v) is 49.6. The number of aliphatic imine (C=N–C) groups is 3. The number of hydrogen-bond acceptors (Lipinski definition) is 16. The average Bonchev–Trinajstić information content (AvgIpc) is 3.53. The zero-order chi connectivity index (χ0) is 62.3. The third-order valence-electron chi connectivity index (χ3n) is 12.8. The summed E-state index contributed by atoms with van der Waals surface area (Å²) in [5.41, 5.74) is 40.9. The molecule has 0 aliphatic carbocycles. The van der Waals surface area contributed by atoms with Crippen LogP contribution in [0.1, 0.15) is 76.8 Å². The molecule has 2 aromatic carbocycles. The Bertz CT molecular complexity index is 2590. The molecular weight excluding hydrogens is 1130 g/mol. The molecule has 1 fully saturated rings. The molecule has 29 nitrogen and oxygen atoms in total. The van der Waals surface area contributed by atoms with Gasteiger partial charge in [-0.05, 0) is 87.5 Å². The lowest BCUT2D eigenvalue weighted by Crippen LogP contribution is -2.60. The topological polar surface area (TPSA) is 493 Å². The number of aromatic hydroxyl groups is 1. The maximum absolute atomic E-state index is 15.0. The van der Waals surface area contributed by atoms with Crippen LogP contribution in [0.3, 0.4) is 0 Å². The van der Waals surface area contributed by atoms with Crippen LogP contribution in [0.2, 0.25) is 0 Å². The summed E-state index contributed by atoms with van der Waals surface area (Å²) in [5, 5.41) is 31.3. The number of amides is 9. The maximum atomic E-state index is 15.0. The van der Waals surface area contributed by atoms with Crippen LogP contribution < -0.4 is 82.7 Å². The highest BCUT2D eigenvalue weighted by Crippen LogP contribution is 2.24. The SMILES string of the molecule is CCNC(=O)[C@H](CCCN=C(N)N)NC(=O)[C@@H](CC(C)C)NC(=O)[C@H](CCCN=C(N)N)N(C)C(=O)[C@H](CCCN=C(N)N)NC(=O)C1CSSC[C@@H](NC(=O)[C@@H](N)Cc2ccc(O)cc2)C(=O)NCC(=O)NC(Cc2ccccc2)C(=O)N1.